The van der Waals surface area contributed by atoms with Crippen molar-refractivity contribution in [2.75, 3.05) is 0 Å². The first-order valence-corrected chi connectivity index (χ1v) is 6.67. The Morgan fingerprint density at radius 2 is 1.19 bits per heavy atom. The van der Waals surface area contributed by atoms with Gasteiger partial charge in [-0.05, 0) is 19.3 Å². The molecular weight excluding hydrogens is 206 g/mol. The molecule has 0 aliphatic rings. The molecule has 0 atom stereocenters. The minimum absolute atomic E-state index is 0.0312. The molecule has 0 aromatic heterocycles. The topological polar surface area (TPSA) is 0 Å². The van der Waals surface area contributed by atoms with Crippen LogP contribution >= 0.6 is 0 Å². The van der Waals surface area contributed by atoms with Gasteiger partial charge in [0.1, 0.15) is 0 Å². The van der Waals surface area contributed by atoms with E-state index in [2.05, 4.69) is 20.8 Å². The van der Waals surface area contributed by atoms with E-state index >= 15 is 0 Å². The molecule has 0 nitrogen and oxygen atoms in total. The van der Waals surface area contributed by atoms with Gasteiger partial charge in [-0.15, -0.1) is 0 Å². The van der Waals surface area contributed by atoms with Gasteiger partial charge in [0.15, 0.2) is 0 Å². The van der Waals surface area contributed by atoms with E-state index in [1.165, 1.54) is 0 Å². The van der Waals surface area contributed by atoms with Crippen LogP contribution in [0.1, 0.15) is 81.6 Å². The van der Waals surface area contributed by atoms with Crippen LogP contribution in [0.15, 0.2) is 0 Å². The quantitative estimate of drug-likeness (QED) is 0.525. The summed E-state index contributed by atoms with van der Waals surface area (Å²) in [5.74, 6) is -1.62. The highest BCUT2D eigenvalue weighted by Crippen LogP contribution is 2.18. The Kier molecular flexibility index (Phi) is 31.6. The standard InChI is InChI=1S/C6H12F2.C4H10.2C2H6/c1-3-4-5-6(2,7)8;1-4(2)3;2*1-2/h3-5H2,1-2H3;4H,1-3H3;2*1-2H3. The lowest BCUT2D eigenvalue weighted by Crippen LogP contribution is -2.07. The molecule has 0 saturated carbocycles. The summed E-state index contributed by atoms with van der Waals surface area (Å²) in [6, 6.07) is 0. The van der Waals surface area contributed by atoms with E-state index in [0.717, 1.165) is 19.3 Å². The third-order valence-corrected chi connectivity index (χ3v) is 0.969. The normalized spacial score (nSPS) is 9.00. The molecule has 0 aliphatic carbocycles. The summed E-state index contributed by atoms with van der Waals surface area (Å²) in [4.78, 5) is 0. The van der Waals surface area contributed by atoms with Crippen molar-refractivity contribution in [2.24, 2.45) is 5.92 Å². The zero-order valence-corrected chi connectivity index (χ0v) is 13.0. The van der Waals surface area contributed by atoms with Gasteiger partial charge < -0.3 is 0 Å². The highest BCUT2D eigenvalue weighted by Gasteiger charge is 2.18. The van der Waals surface area contributed by atoms with Gasteiger partial charge in [-0.3, -0.25) is 0 Å². The van der Waals surface area contributed by atoms with Crippen LogP contribution in [0, 0.1) is 5.92 Å². The lowest BCUT2D eigenvalue weighted by molar-refractivity contribution is 0.0108. The van der Waals surface area contributed by atoms with Crippen molar-refractivity contribution in [1.29, 1.82) is 0 Å². The minimum Gasteiger partial charge on any atom is -0.207 e. The van der Waals surface area contributed by atoms with Crippen molar-refractivity contribution in [2.45, 2.75) is 87.5 Å². The van der Waals surface area contributed by atoms with E-state index in [9.17, 15) is 8.78 Å². The monoisotopic (exact) mass is 240 g/mol. The number of halogens is 2. The molecule has 104 valence electrons. The molecule has 0 N–H and O–H groups in total. The summed E-state index contributed by atoms with van der Waals surface area (Å²) in [6.45, 7) is 17.4. The number of hydrogen-bond acceptors (Lipinski definition) is 0. The molecule has 0 amide bonds. The molecule has 0 rings (SSSR count). The predicted molar refractivity (Wildman–Crippen MR) is 73.4 cm³/mol. The smallest absolute Gasteiger partial charge is 0.207 e. The number of rotatable bonds is 3. The fourth-order valence-electron chi connectivity index (χ4n) is 0.487. The molecule has 16 heavy (non-hydrogen) atoms. The maximum atomic E-state index is 11.9. The molecule has 0 spiro atoms. The molecule has 0 aliphatic heterocycles. The lowest BCUT2D eigenvalue weighted by Gasteiger charge is -2.06. The molecule has 2 heteroatoms. The van der Waals surface area contributed by atoms with Crippen molar-refractivity contribution in [1.82, 2.24) is 0 Å². The molecule has 0 saturated heterocycles. The fraction of sp³-hybridized carbons (Fsp3) is 1.00. The summed E-state index contributed by atoms with van der Waals surface area (Å²) < 4.78 is 23.8. The van der Waals surface area contributed by atoms with Crippen LogP contribution in [0.25, 0.3) is 0 Å². The Morgan fingerprint density at radius 1 is 0.938 bits per heavy atom. The number of hydrogen-bond donors (Lipinski definition) is 0. The first-order valence-electron chi connectivity index (χ1n) is 6.67. The maximum Gasteiger partial charge on any atom is 0.245 e. The molecule has 0 unspecified atom stereocenters. The van der Waals surface area contributed by atoms with Crippen molar-refractivity contribution < 1.29 is 8.78 Å². The van der Waals surface area contributed by atoms with Crippen LogP contribution in [0.4, 0.5) is 8.78 Å². The second kappa shape index (κ2) is 20.3. The van der Waals surface area contributed by atoms with Crippen molar-refractivity contribution in [3.05, 3.63) is 0 Å². The Labute approximate surface area is 103 Å². The third-order valence-electron chi connectivity index (χ3n) is 0.969. The molecule has 0 bridgehead atoms. The molecular formula is C14H34F2. The highest BCUT2D eigenvalue weighted by molar-refractivity contribution is 4.55. The highest BCUT2D eigenvalue weighted by atomic mass is 19.3. The van der Waals surface area contributed by atoms with Gasteiger partial charge in [0.2, 0.25) is 5.92 Å². The molecule has 0 fully saturated rings. The summed E-state index contributed by atoms with van der Waals surface area (Å²) in [5.41, 5.74) is 0. The number of alkyl halides is 2. The van der Waals surface area contributed by atoms with E-state index in [-0.39, 0.29) is 6.42 Å². The summed E-state index contributed by atoms with van der Waals surface area (Å²) >= 11 is 0. The van der Waals surface area contributed by atoms with Crippen LogP contribution in [-0.2, 0) is 0 Å². The van der Waals surface area contributed by atoms with Gasteiger partial charge >= 0.3 is 0 Å². The Morgan fingerprint density at radius 3 is 1.25 bits per heavy atom. The lowest BCUT2D eigenvalue weighted by atomic mass is 10.2. The molecule has 0 heterocycles. The van der Waals surface area contributed by atoms with Crippen LogP contribution < -0.4 is 0 Å². The first kappa shape index (κ1) is 24.9. The molecule has 0 aromatic rings. The second-order valence-corrected chi connectivity index (χ2v) is 3.91. The van der Waals surface area contributed by atoms with Crippen LogP contribution in [-0.4, -0.2) is 5.92 Å². The van der Waals surface area contributed by atoms with Gasteiger partial charge in [-0.1, -0.05) is 61.8 Å². The zero-order valence-electron chi connectivity index (χ0n) is 13.0. The second-order valence-electron chi connectivity index (χ2n) is 3.91. The Balaban J connectivity index is -0.0000000761. The summed E-state index contributed by atoms with van der Waals surface area (Å²) in [5, 5.41) is 0. The molecule has 0 radical (unpaired) electrons. The average molecular weight is 240 g/mol. The van der Waals surface area contributed by atoms with Crippen molar-refractivity contribution >= 4 is 0 Å². The van der Waals surface area contributed by atoms with Gasteiger partial charge in [0.25, 0.3) is 0 Å². The first-order chi connectivity index (χ1) is 7.29. The third kappa shape index (κ3) is 97.0. The van der Waals surface area contributed by atoms with E-state index in [1.807, 2.05) is 34.6 Å². The van der Waals surface area contributed by atoms with Gasteiger partial charge in [-0.25, -0.2) is 8.78 Å². The van der Waals surface area contributed by atoms with Gasteiger partial charge in [0.05, 0.1) is 0 Å². The van der Waals surface area contributed by atoms with Crippen LogP contribution in [0.2, 0.25) is 0 Å². The fourth-order valence-corrected chi connectivity index (χ4v) is 0.487. The van der Waals surface area contributed by atoms with Gasteiger partial charge in [-0.2, -0.15) is 0 Å². The van der Waals surface area contributed by atoms with E-state index in [1.54, 1.807) is 0 Å². The van der Waals surface area contributed by atoms with E-state index in [0.29, 0.717) is 6.42 Å². The van der Waals surface area contributed by atoms with Gasteiger partial charge in [0, 0.05) is 6.42 Å². The SMILES string of the molecule is CC.CC.CC(C)C.CCCCC(C)(F)F. The Bertz CT molecular complexity index is 80.5. The largest absolute Gasteiger partial charge is 0.245 e. The van der Waals surface area contributed by atoms with Crippen molar-refractivity contribution in [3.63, 3.8) is 0 Å². The van der Waals surface area contributed by atoms with Crippen LogP contribution in [0.5, 0.6) is 0 Å². The van der Waals surface area contributed by atoms with Crippen molar-refractivity contribution in [3.8, 4) is 0 Å². The summed E-state index contributed by atoms with van der Waals surface area (Å²) in [7, 11) is 0. The van der Waals surface area contributed by atoms with Crippen LogP contribution in [0.3, 0.4) is 0 Å². The number of unbranched alkanes of at least 4 members (excludes halogenated alkanes) is 1. The molecule has 0 aromatic carbocycles. The average Bonchev–Trinajstić information content (AvgIpc) is 2.19. The van der Waals surface area contributed by atoms with E-state index < -0.39 is 5.92 Å². The zero-order chi connectivity index (χ0) is 14.2. The van der Waals surface area contributed by atoms with E-state index in [4.69, 9.17) is 0 Å². The summed E-state index contributed by atoms with van der Waals surface area (Å²) in [6.07, 6.45) is 1.51. The Hall–Kier alpha value is -0.140. The maximum absolute atomic E-state index is 11.9. The minimum atomic E-state index is -2.45. The predicted octanol–water partition coefficient (Wildman–Crippen LogP) is 6.55.